The number of nitrogens with one attached hydrogen (secondary N) is 1. The summed E-state index contributed by atoms with van der Waals surface area (Å²) in [6.07, 6.45) is 2.06. The molecule has 0 radical (unpaired) electrons. The van der Waals surface area contributed by atoms with Gasteiger partial charge < -0.3 is 14.8 Å². The first kappa shape index (κ1) is 17.2. The normalized spacial score (nSPS) is 15.8. The van der Waals surface area contributed by atoms with Gasteiger partial charge in [-0.05, 0) is 17.7 Å². The van der Waals surface area contributed by atoms with E-state index >= 15 is 0 Å². The van der Waals surface area contributed by atoms with Gasteiger partial charge in [-0.1, -0.05) is 36.4 Å². The molecular weight excluding hydrogens is 343 g/mol. The molecule has 0 aromatic heterocycles. The van der Waals surface area contributed by atoms with Crippen LogP contribution in [0.5, 0.6) is 5.75 Å². The van der Waals surface area contributed by atoms with Crippen LogP contribution in [0.3, 0.4) is 0 Å². The van der Waals surface area contributed by atoms with Crippen molar-refractivity contribution in [3.63, 3.8) is 0 Å². The van der Waals surface area contributed by atoms with Crippen LogP contribution in [-0.2, 0) is 16.0 Å². The van der Waals surface area contributed by atoms with Crippen molar-refractivity contribution in [1.29, 1.82) is 0 Å². The van der Waals surface area contributed by atoms with E-state index in [1.54, 1.807) is 25.4 Å². The number of anilines is 1. The van der Waals surface area contributed by atoms with Crippen molar-refractivity contribution >= 4 is 30.2 Å². The summed E-state index contributed by atoms with van der Waals surface area (Å²) in [5.74, 6) is 0.301. The van der Waals surface area contributed by atoms with Crippen molar-refractivity contribution in [3.05, 3.63) is 65.9 Å². The Morgan fingerprint density at radius 1 is 1.32 bits per heavy atom. The summed E-state index contributed by atoms with van der Waals surface area (Å²) in [5, 5.41) is 3.32. The van der Waals surface area contributed by atoms with Crippen LogP contribution in [0.1, 0.15) is 11.1 Å². The van der Waals surface area contributed by atoms with E-state index in [1.807, 2.05) is 36.4 Å². The zero-order valence-electron chi connectivity index (χ0n) is 13.5. The van der Waals surface area contributed by atoms with Crippen molar-refractivity contribution in [2.24, 2.45) is 0 Å². The van der Waals surface area contributed by atoms with Crippen LogP contribution in [0.15, 0.2) is 54.8 Å². The molecule has 0 spiro atoms. The average molecular weight is 360 g/mol. The van der Waals surface area contributed by atoms with Crippen molar-refractivity contribution in [1.82, 2.24) is 5.32 Å². The Bertz CT molecular complexity index is 770. The lowest BCUT2D eigenvalue weighted by Gasteiger charge is -2.18. The lowest BCUT2D eigenvalue weighted by molar-refractivity contribution is -0.120. The third-order valence-electron chi connectivity index (χ3n) is 3.81. The molecule has 1 aliphatic heterocycles. The Labute approximate surface area is 149 Å². The topological polar surface area (TPSA) is 50.8 Å². The van der Waals surface area contributed by atoms with E-state index in [0.29, 0.717) is 24.3 Å². The highest BCUT2D eigenvalue weighted by molar-refractivity contribution is 7.95. The second-order valence-corrected chi connectivity index (χ2v) is 6.14. The molecule has 0 amide bonds. The summed E-state index contributed by atoms with van der Waals surface area (Å²) in [5.41, 5.74) is 3.37. The van der Waals surface area contributed by atoms with Crippen LogP contribution in [0.4, 0.5) is 9.57 Å². The molecule has 2 aromatic carbocycles. The molecular formula is C18H17FN2O3S. The first-order chi connectivity index (χ1) is 12.2. The van der Waals surface area contributed by atoms with Gasteiger partial charge in [0.05, 0.1) is 11.4 Å². The smallest absolute Gasteiger partial charge is 0.298 e. The van der Waals surface area contributed by atoms with Gasteiger partial charge >= 0.3 is 0 Å². The highest BCUT2D eigenvalue weighted by Crippen LogP contribution is 2.33. The molecule has 1 unspecified atom stereocenters. The number of halogens is 1. The van der Waals surface area contributed by atoms with Crippen LogP contribution in [0.2, 0.25) is 0 Å². The van der Waals surface area contributed by atoms with Gasteiger partial charge in [0.1, 0.15) is 6.26 Å². The molecule has 7 heteroatoms. The number of rotatable bonds is 7. The minimum absolute atomic E-state index is 0.0472. The summed E-state index contributed by atoms with van der Waals surface area (Å²) >= 11 is 0.0472. The van der Waals surface area contributed by atoms with E-state index < -0.39 is 0 Å². The van der Waals surface area contributed by atoms with E-state index in [9.17, 15) is 8.68 Å². The standard InChI is InChI=1S/C18H17FN2O3S/c1-21(25-19)16-9-13(7-8-17(16)24-12-22)10-18-20-15(11-23-18)14-5-3-2-4-6-14/h2-9,11-12,18,20H,10H2,1H3. The van der Waals surface area contributed by atoms with Crippen molar-refractivity contribution in [2.75, 3.05) is 11.4 Å². The second kappa shape index (κ2) is 7.94. The Morgan fingerprint density at radius 2 is 2.12 bits per heavy atom. The Balaban J connectivity index is 1.70. The molecule has 1 aliphatic rings. The molecule has 0 saturated carbocycles. The molecule has 130 valence electrons. The van der Waals surface area contributed by atoms with Crippen LogP contribution < -0.4 is 14.4 Å². The number of ether oxygens (including phenoxy) is 2. The van der Waals surface area contributed by atoms with E-state index in [1.165, 1.54) is 4.31 Å². The third-order valence-corrected chi connectivity index (χ3v) is 4.22. The highest BCUT2D eigenvalue weighted by atomic mass is 32.2. The van der Waals surface area contributed by atoms with E-state index in [2.05, 4.69) is 5.32 Å². The molecule has 1 heterocycles. The SMILES string of the molecule is CN(SF)c1cc(CC2NC(c3ccccc3)=CO2)ccc1OC=O. The van der Waals surface area contributed by atoms with Crippen molar-refractivity contribution in [3.8, 4) is 5.75 Å². The van der Waals surface area contributed by atoms with Gasteiger partial charge in [-0.15, -0.1) is 3.89 Å². The van der Waals surface area contributed by atoms with Crippen molar-refractivity contribution < 1.29 is 18.2 Å². The lowest BCUT2D eigenvalue weighted by atomic mass is 10.1. The van der Waals surface area contributed by atoms with E-state index in [4.69, 9.17) is 9.47 Å². The molecule has 0 saturated heterocycles. The quantitative estimate of drug-likeness (QED) is 0.600. The Kier molecular flexibility index (Phi) is 5.45. The molecule has 3 rings (SSSR count). The van der Waals surface area contributed by atoms with Crippen LogP contribution in [-0.4, -0.2) is 19.7 Å². The summed E-state index contributed by atoms with van der Waals surface area (Å²) in [7, 11) is 1.56. The number of nitrogens with zero attached hydrogens (tertiary/aromatic N) is 1. The summed E-state index contributed by atoms with van der Waals surface area (Å²) in [6, 6.07) is 15.1. The fourth-order valence-electron chi connectivity index (χ4n) is 2.60. The van der Waals surface area contributed by atoms with E-state index in [-0.39, 0.29) is 18.6 Å². The third kappa shape index (κ3) is 4.06. The van der Waals surface area contributed by atoms with Crippen molar-refractivity contribution in [2.45, 2.75) is 12.6 Å². The predicted molar refractivity (Wildman–Crippen MR) is 96.4 cm³/mol. The minimum atomic E-state index is -0.218. The summed E-state index contributed by atoms with van der Waals surface area (Å²) in [4.78, 5) is 10.6. The first-order valence-electron chi connectivity index (χ1n) is 7.64. The zero-order valence-corrected chi connectivity index (χ0v) is 14.3. The fraction of sp³-hybridized carbons (Fsp3) is 0.167. The maximum absolute atomic E-state index is 12.9. The van der Waals surface area contributed by atoms with Gasteiger partial charge in [0.2, 0.25) is 0 Å². The molecule has 0 fully saturated rings. The van der Waals surface area contributed by atoms with Gasteiger partial charge in [0, 0.05) is 19.0 Å². The number of hydrogen-bond donors (Lipinski definition) is 1. The Hall–Kier alpha value is -2.67. The van der Waals surface area contributed by atoms with E-state index in [0.717, 1.165) is 16.8 Å². The molecule has 1 atom stereocenters. The molecule has 1 N–H and O–H groups in total. The molecule has 25 heavy (non-hydrogen) atoms. The molecule has 2 aromatic rings. The number of carbonyl (C=O) groups is 1. The average Bonchev–Trinajstić information content (AvgIpc) is 3.12. The summed E-state index contributed by atoms with van der Waals surface area (Å²) in [6.45, 7) is 0.326. The highest BCUT2D eigenvalue weighted by Gasteiger charge is 2.20. The molecule has 0 aliphatic carbocycles. The predicted octanol–water partition coefficient (Wildman–Crippen LogP) is 3.68. The van der Waals surface area contributed by atoms with Gasteiger partial charge in [0.15, 0.2) is 24.3 Å². The van der Waals surface area contributed by atoms with Crippen LogP contribution in [0.25, 0.3) is 5.70 Å². The summed E-state index contributed by atoms with van der Waals surface area (Å²) < 4.78 is 24.8. The van der Waals surface area contributed by atoms with Crippen LogP contribution >= 0.6 is 12.3 Å². The lowest BCUT2D eigenvalue weighted by Crippen LogP contribution is -2.26. The minimum Gasteiger partial charge on any atom is -0.476 e. The number of carbonyl (C=O) groups excluding carboxylic acids is 1. The van der Waals surface area contributed by atoms with Gasteiger partial charge in [-0.2, -0.15) is 0 Å². The molecule has 5 nitrogen and oxygen atoms in total. The number of hydrogen-bond acceptors (Lipinski definition) is 6. The number of benzene rings is 2. The largest absolute Gasteiger partial charge is 0.476 e. The maximum atomic E-state index is 12.9. The van der Waals surface area contributed by atoms with Crippen LogP contribution in [0, 0.1) is 0 Å². The monoisotopic (exact) mass is 360 g/mol. The zero-order chi connectivity index (χ0) is 17.6. The first-order valence-corrected chi connectivity index (χ1v) is 8.32. The fourth-order valence-corrected chi connectivity index (χ4v) is 2.82. The van der Waals surface area contributed by atoms with Gasteiger partial charge in [-0.3, -0.25) is 9.10 Å². The van der Waals surface area contributed by atoms with Gasteiger partial charge in [0.25, 0.3) is 6.47 Å². The Morgan fingerprint density at radius 3 is 2.84 bits per heavy atom. The maximum Gasteiger partial charge on any atom is 0.298 e. The molecule has 0 bridgehead atoms. The second-order valence-electron chi connectivity index (χ2n) is 5.45. The van der Waals surface area contributed by atoms with Gasteiger partial charge in [-0.25, -0.2) is 0 Å².